The van der Waals surface area contributed by atoms with Crippen molar-refractivity contribution in [3.8, 4) is 0 Å². The monoisotopic (exact) mass is 458 g/mol. The zero-order valence-corrected chi connectivity index (χ0v) is 19.9. The molecule has 2 fully saturated rings. The Balaban J connectivity index is 0.00000136. The Morgan fingerprint density at radius 1 is 0.903 bits per heavy atom. The molecule has 166 valence electrons. The number of rotatable bonds is 5. The highest BCUT2D eigenvalue weighted by Crippen LogP contribution is 2.45. The molecule has 0 radical (unpaired) electrons. The van der Waals surface area contributed by atoms with Crippen molar-refractivity contribution < 1.29 is 0 Å². The van der Waals surface area contributed by atoms with E-state index < -0.39 is 0 Å². The fraction of sp³-hybridized carbons (Fsp3) is 0.400. The number of fused-ring (bicyclic) bond motifs is 1. The van der Waals surface area contributed by atoms with Gasteiger partial charge < -0.3 is 0 Å². The van der Waals surface area contributed by atoms with Crippen molar-refractivity contribution >= 4 is 24.8 Å². The number of nitrogens with zero attached hydrogens (tertiary/aromatic N) is 4. The third-order valence-corrected chi connectivity index (χ3v) is 6.78. The highest BCUT2D eigenvalue weighted by atomic mass is 35.5. The molecule has 2 aromatic carbocycles. The summed E-state index contributed by atoms with van der Waals surface area (Å²) in [4.78, 5) is 5.25. The van der Waals surface area contributed by atoms with Crippen LogP contribution in [0, 0.1) is 18.8 Å². The van der Waals surface area contributed by atoms with E-state index in [-0.39, 0.29) is 24.8 Å². The van der Waals surface area contributed by atoms with Crippen LogP contribution in [0.15, 0.2) is 67.0 Å². The van der Waals surface area contributed by atoms with E-state index >= 15 is 0 Å². The zero-order valence-electron chi connectivity index (χ0n) is 18.2. The lowest BCUT2D eigenvalue weighted by Gasteiger charge is -2.28. The molecule has 3 heterocycles. The van der Waals surface area contributed by atoms with Gasteiger partial charge in [-0.3, -0.25) is 14.5 Å². The average molecular weight is 459 g/mol. The number of aromatic nitrogens is 2. The first-order chi connectivity index (χ1) is 14.2. The van der Waals surface area contributed by atoms with Crippen molar-refractivity contribution in [2.45, 2.75) is 26.1 Å². The molecule has 4 nitrogen and oxygen atoms in total. The summed E-state index contributed by atoms with van der Waals surface area (Å²) in [5.41, 5.74) is 5.68. The lowest BCUT2D eigenvalue weighted by atomic mass is 9.88. The van der Waals surface area contributed by atoms with Gasteiger partial charge >= 0.3 is 0 Å². The lowest BCUT2D eigenvalue weighted by molar-refractivity contribution is 0.224. The third kappa shape index (κ3) is 4.98. The molecule has 1 aromatic heterocycles. The number of halogens is 2. The molecule has 2 saturated heterocycles. The number of likely N-dealkylation sites (tertiary alicyclic amines) is 2. The molecule has 0 saturated carbocycles. The molecule has 3 aromatic rings. The third-order valence-electron chi connectivity index (χ3n) is 6.78. The van der Waals surface area contributed by atoms with E-state index in [1.807, 2.05) is 23.1 Å². The van der Waals surface area contributed by atoms with Crippen LogP contribution in [0.3, 0.4) is 0 Å². The van der Waals surface area contributed by atoms with Crippen molar-refractivity contribution in [2.75, 3.05) is 26.7 Å². The quantitative estimate of drug-likeness (QED) is 0.547. The highest BCUT2D eigenvalue weighted by molar-refractivity contribution is 5.85. The molecule has 0 spiro atoms. The fourth-order valence-corrected chi connectivity index (χ4v) is 5.53. The summed E-state index contributed by atoms with van der Waals surface area (Å²) in [5, 5.41) is 4.34. The van der Waals surface area contributed by atoms with Crippen LogP contribution in [0.5, 0.6) is 0 Å². The standard InChI is InChI=1S/C25H30N4.2ClH/c1-19-7-3-4-10-23(19)25-24-18-28(17-22(24)16-27(25)2)14-20-8-5-9-21(13-20)15-29-12-6-11-26-29;;/h3-13,22,24-25H,14-18H2,1-2H3;2*1H/t22-,24+,25+;;/m0../s1. The van der Waals surface area contributed by atoms with Gasteiger partial charge in [-0.25, -0.2) is 0 Å². The first-order valence-electron chi connectivity index (χ1n) is 10.7. The smallest absolute Gasteiger partial charge is 0.0659 e. The molecule has 5 rings (SSSR count). The maximum absolute atomic E-state index is 4.34. The summed E-state index contributed by atoms with van der Waals surface area (Å²) in [5.74, 6) is 1.50. The van der Waals surface area contributed by atoms with Crippen LogP contribution in [0.25, 0.3) is 0 Å². The van der Waals surface area contributed by atoms with Crippen LogP contribution in [0.4, 0.5) is 0 Å². The molecule has 2 aliphatic rings. The second-order valence-corrected chi connectivity index (χ2v) is 8.88. The van der Waals surface area contributed by atoms with E-state index in [0.717, 1.165) is 24.9 Å². The molecule has 3 atom stereocenters. The van der Waals surface area contributed by atoms with Gasteiger partial charge in [0.2, 0.25) is 0 Å². The van der Waals surface area contributed by atoms with Crippen LogP contribution < -0.4 is 0 Å². The molecule has 0 N–H and O–H groups in total. The Morgan fingerprint density at radius 2 is 1.68 bits per heavy atom. The average Bonchev–Trinajstić information content (AvgIpc) is 3.40. The highest BCUT2D eigenvalue weighted by Gasteiger charge is 2.46. The summed E-state index contributed by atoms with van der Waals surface area (Å²) in [6, 6.07) is 20.5. The maximum Gasteiger partial charge on any atom is 0.0659 e. The van der Waals surface area contributed by atoms with Crippen molar-refractivity contribution in [3.63, 3.8) is 0 Å². The van der Waals surface area contributed by atoms with Gasteiger partial charge in [-0.15, -0.1) is 24.8 Å². The van der Waals surface area contributed by atoms with Gasteiger partial charge in [-0.2, -0.15) is 5.10 Å². The summed E-state index contributed by atoms with van der Waals surface area (Å²) >= 11 is 0. The zero-order chi connectivity index (χ0) is 19.8. The molecular formula is C25H32Cl2N4. The minimum absolute atomic E-state index is 0. The molecular weight excluding hydrogens is 427 g/mol. The van der Waals surface area contributed by atoms with E-state index in [0.29, 0.717) is 6.04 Å². The predicted octanol–water partition coefficient (Wildman–Crippen LogP) is 4.82. The summed E-state index contributed by atoms with van der Waals surface area (Å²) in [6.45, 7) is 7.75. The Bertz CT molecular complexity index is 975. The van der Waals surface area contributed by atoms with Crippen molar-refractivity contribution in [1.29, 1.82) is 0 Å². The van der Waals surface area contributed by atoms with Gasteiger partial charge in [0.1, 0.15) is 0 Å². The van der Waals surface area contributed by atoms with Gasteiger partial charge in [0.15, 0.2) is 0 Å². The van der Waals surface area contributed by atoms with Gasteiger partial charge in [-0.05, 0) is 54.1 Å². The van der Waals surface area contributed by atoms with Crippen molar-refractivity contribution in [3.05, 3.63) is 89.2 Å². The summed E-state index contributed by atoms with van der Waals surface area (Å²) in [6.07, 6.45) is 3.87. The second kappa shape index (κ2) is 10.2. The Hall–Kier alpha value is -1.85. The van der Waals surface area contributed by atoms with Crippen LogP contribution in [0.2, 0.25) is 0 Å². The van der Waals surface area contributed by atoms with Crippen LogP contribution in [-0.2, 0) is 13.1 Å². The van der Waals surface area contributed by atoms with E-state index in [2.05, 4.69) is 77.4 Å². The second-order valence-electron chi connectivity index (χ2n) is 8.88. The molecule has 31 heavy (non-hydrogen) atoms. The van der Waals surface area contributed by atoms with E-state index in [1.54, 1.807) is 0 Å². The number of aryl methyl sites for hydroxylation is 1. The summed E-state index contributed by atoms with van der Waals surface area (Å²) in [7, 11) is 2.30. The Labute approximate surface area is 198 Å². The van der Waals surface area contributed by atoms with E-state index in [9.17, 15) is 0 Å². The summed E-state index contributed by atoms with van der Waals surface area (Å²) < 4.78 is 1.99. The molecule has 0 bridgehead atoms. The normalized spacial score (nSPS) is 23.2. The van der Waals surface area contributed by atoms with Crippen molar-refractivity contribution in [1.82, 2.24) is 19.6 Å². The lowest BCUT2D eigenvalue weighted by Crippen LogP contribution is -2.29. The topological polar surface area (TPSA) is 24.3 Å². The van der Waals surface area contributed by atoms with Gasteiger partial charge in [0.25, 0.3) is 0 Å². The largest absolute Gasteiger partial charge is 0.299 e. The van der Waals surface area contributed by atoms with Crippen LogP contribution in [-0.4, -0.2) is 46.3 Å². The van der Waals surface area contributed by atoms with Gasteiger partial charge in [0.05, 0.1) is 6.54 Å². The minimum atomic E-state index is 0. The molecule has 0 unspecified atom stereocenters. The predicted molar refractivity (Wildman–Crippen MR) is 131 cm³/mol. The van der Waals surface area contributed by atoms with Crippen LogP contribution in [0.1, 0.15) is 28.3 Å². The van der Waals surface area contributed by atoms with Gasteiger partial charge in [-0.1, -0.05) is 48.5 Å². The minimum Gasteiger partial charge on any atom is -0.299 e. The van der Waals surface area contributed by atoms with Crippen LogP contribution >= 0.6 is 24.8 Å². The molecule has 0 aliphatic carbocycles. The molecule has 2 aliphatic heterocycles. The number of hydrogen-bond donors (Lipinski definition) is 0. The van der Waals surface area contributed by atoms with E-state index in [4.69, 9.17) is 0 Å². The SMILES string of the molecule is Cc1ccccc1[C@@H]1[C@@H]2CN(Cc3cccc(Cn4cccn4)c3)C[C@@H]2CN1C.Cl.Cl. The first-order valence-corrected chi connectivity index (χ1v) is 10.7. The molecule has 0 amide bonds. The first kappa shape index (κ1) is 23.8. The fourth-order valence-electron chi connectivity index (χ4n) is 5.53. The Morgan fingerprint density at radius 3 is 2.42 bits per heavy atom. The number of hydrogen-bond acceptors (Lipinski definition) is 3. The maximum atomic E-state index is 4.34. The Kier molecular flexibility index (Phi) is 7.82. The van der Waals surface area contributed by atoms with E-state index in [1.165, 1.54) is 41.9 Å². The van der Waals surface area contributed by atoms with Gasteiger partial charge in [0, 0.05) is 44.6 Å². The molecule has 6 heteroatoms. The number of benzene rings is 2. The van der Waals surface area contributed by atoms with Crippen molar-refractivity contribution in [2.24, 2.45) is 11.8 Å².